The van der Waals surface area contributed by atoms with Crippen molar-refractivity contribution in [3.63, 3.8) is 0 Å². The van der Waals surface area contributed by atoms with Gasteiger partial charge >= 0.3 is 0 Å². The van der Waals surface area contributed by atoms with Crippen LogP contribution in [0.15, 0.2) is 54.6 Å². The third-order valence-electron chi connectivity index (χ3n) is 5.22. The molecule has 1 atom stereocenters. The van der Waals surface area contributed by atoms with Gasteiger partial charge in [-0.3, -0.25) is 9.89 Å². The SMILES string of the molecule is O=C(c1ccc(F)cc1)N1CCC[C@H](c2cc(NCc3ccc(F)cc3)n[nH]2)C1. The van der Waals surface area contributed by atoms with Crippen LogP contribution in [0, 0.1) is 11.6 Å². The Bertz CT molecular complexity index is 969. The number of nitrogens with zero attached hydrogens (tertiary/aromatic N) is 2. The number of anilines is 1. The maximum Gasteiger partial charge on any atom is 0.253 e. The number of hydrogen-bond donors (Lipinski definition) is 2. The number of halogens is 2. The minimum Gasteiger partial charge on any atom is -0.365 e. The minimum atomic E-state index is -0.351. The Morgan fingerprint density at radius 2 is 1.79 bits per heavy atom. The standard InChI is InChI=1S/C22H22F2N4O/c23-18-7-3-15(4-8-18)13-25-21-12-20(26-27-21)17-2-1-11-28(14-17)22(29)16-5-9-19(24)10-6-16/h3-10,12,17H,1-2,11,13-14H2,(H2,25,26,27)/t17-/m0/s1. The molecule has 0 aliphatic carbocycles. The lowest BCUT2D eigenvalue weighted by molar-refractivity contribution is 0.0706. The Labute approximate surface area is 167 Å². The van der Waals surface area contributed by atoms with E-state index in [4.69, 9.17) is 0 Å². The normalized spacial score (nSPS) is 16.6. The van der Waals surface area contributed by atoms with Gasteiger partial charge in [0.25, 0.3) is 5.91 Å². The molecular formula is C22H22F2N4O. The first-order valence-electron chi connectivity index (χ1n) is 9.67. The molecule has 1 aliphatic rings. The first-order valence-corrected chi connectivity index (χ1v) is 9.67. The summed E-state index contributed by atoms with van der Waals surface area (Å²) in [5.41, 5.74) is 2.44. The number of benzene rings is 2. The van der Waals surface area contributed by atoms with E-state index in [9.17, 15) is 13.6 Å². The van der Waals surface area contributed by atoms with Crippen molar-refractivity contribution >= 4 is 11.7 Å². The molecule has 0 unspecified atom stereocenters. The highest BCUT2D eigenvalue weighted by Crippen LogP contribution is 2.28. The average Bonchev–Trinajstić information content (AvgIpc) is 3.23. The fourth-order valence-electron chi connectivity index (χ4n) is 3.62. The second-order valence-electron chi connectivity index (χ2n) is 7.29. The van der Waals surface area contributed by atoms with E-state index in [1.165, 1.54) is 36.4 Å². The second-order valence-corrected chi connectivity index (χ2v) is 7.29. The molecule has 150 valence electrons. The molecule has 4 rings (SSSR count). The number of H-pyrrole nitrogens is 1. The van der Waals surface area contributed by atoms with Gasteiger partial charge in [-0.25, -0.2) is 8.78 Å². The van der Waals surface area contributed by atoms with E-state index in [1.807, 2.05) is 11.0 Å². The summed E-state index contributed by atoms with van der Waals surface area (Å²) in [6.45, 7) is 1.83. The lowest BCUT2D eigenvalue weighted by atomic mass is 9.94. The van der Waals surface area contributed by atoms with Crippen LogP contribution < -0.4 is 5.32 Å². The van der Waals surface area contributed by atoms with Crippen LogP contribution in [0.1, 0.15) is 40.4 Å². The smallest absolute Gasteiger partial charge is 0.253 e. The molecule has 0 saturated carbocycles. The molecule has 1 amide bonds. The van der Waals surface area contributed by atoms with Crippen molar-refractivity contribution in [2.24, 2.45) is 0 Å². The molecule has 2 heterocycles. The van der Waals surface area contributed by atoms with Crippen LogP contribution in [0.3, 0.4) is 0 Å². The first kappa shape index (κ1) is 19.1. The van der Waals surface area contributed by atoms with Crippen LogP contribution in [-0.4, -0.2) is 34.1 Å². The maximum atomic E-state index is 13.1. The highest BCUT2D eigenvalue weighted by atomic mass is 19.1. The Hall–Kier alpha value is -3.22. The number of hydrogen-bond acceptors (Lipinski definition) is 3. The van der Waals surface area contributed by atoms with Crippen molar-refractivity contribution in [3.8, 4) is 0 Å². The molecule has 0 bridgehead atoms. The van der Waals surface area contributed by atoms with Crippen LogP contribution in [0.5, 0.6) is 0 Å². The summed E-state index contributed by atoms with van der Waals surface area (Å²) in [6, 6.07) is 13.9. The number of nitrogens with one attached hydrogen (secondary N) is 2. The highest BCUT2D eigenvalue weighted by Gasteiger charge is 2.26. The zero-order valence-corrected chi connectivity index (χ0v) is 15.9. The molecule has 29 heavy (non-hydrogen) atoms. The second kappa shape index (κ2) is 8.43. The summed E-state index contributed by atoms with van der Waals surface area (Å²) in [7, 11) is 0. The fraction of sp³-hybridized carbons (Fsp3) is 0.273. The molecule has 0 spiro atoms. The van der Waals surface area contributed by atoms with Crippen molar-refractivity contribution in [1.82, 2.24) is 15.1 Å². The largest absolute Gasteiger partial charge is 0.365 e. The van der Waals surface area contributed by atoms with E-state index < -0.39 is 0 Å². The van der Waals surface area contributed by atoms with Crippen molar-refractivity contribution in [3.05, 3.63) is 83.1 Å². The molecule has 1 saturated heterocycles. The fourth-order valence-corrected chi connectivity index (χ4v) is 3.62. The summed E-state index contributed by atoms with van der Waals surface area (Å²) in [5, 5.41) is 10.6. The number of likely N-dealkylation sites (tertiary alicyclic amines) is 1. The lowest BCUT2D eigenvalue weighted by Crippen LogP contribution is -2.39. The van der Waals surface area contributed by atoms with Gasteiger partial charge in [0.2, 0.25) is 0 Å². The Morgan fingerprint density at radius 3 is 2.52 bits per heavy atom. The van der Waals surface area contributed by atoms with E-state index in [0.717, 1.165) is 24.1 Å². The molecule has 3 aromatic rings. The zero-order valence-electron chi connectivity index (χ0n) is 15.9. The molecule has 5 nitrogen and oxygen atoms in total. The molecule has 1 fully saturated rings. The average molecular weight is 396 g/mol. The Kier molecular flexibility index (Phi) is 5.55. The van der Waals surface area contributed by atoms with Crippen LogP contribution in [0.4, 0.5) is 14.6 Å². The van der Waals surface area contributed by atoms with Gasteiger partial charge in [-0.1, -0.05) is 12.1 Å². The van der Waals surface area contributed by atoms with Crippen molar-refractivity contribution in [1.29, 1.82) is 0 Å². The van der Waals surface area contributed by atoms with Gasteiger partial charge in [0.15, 0.2) is 0 Å². The minimum absolute atomic E-state index is 0.0797. The van der Waals surface area contributed by atoms with Crippen molar-refractivity contribution in [2.45, 2.75) is 25.3 Å². The summed E-state index contributed by atoms with van der Waals surface area (Å²) >= 11 is 0. The molecule has 7 heteroatoms. The number of aromatic amines is 1. The van der Waals surface area contributed by atoms with Gasteiger partial charge in [0.05, 0.1) is 0 Å². The molecule has 2 aromatic carbocycles. The topological polar surface area (TPSA) is 61.0 Å². The zero-order chi connectivity index (χ0) is 20.2. The van der Waals surface area contributed by atoms with Gasteiger partial charge in [-0.2, -0.15) is 5.10 Å². The summed E-state index contributed by atoms with van der Waals surface area (Å²) in [6.07, 6.45) is 1.86. The van der Waals surface area contributed by atoms with Crippen LogP contribution in [0.2, 0.25) is 0 Å². The number of amides is 1. The molecule has 1 aromatic heterocycles. The first-order chi connectivity index (χ1) is 14.1. The summed E-state index contributed by atoms with van der Waals surface area (Å²) in [5.74, 6) is 0.196. The summed E-state index contributed by atoms with van der Waals surface area (Å²) in [4.78, 5) is 14.5. The number of aromatic nitrogens is 2. The molecule has 2 N–H and O–H groups in total. The van der Waals surface area contributed by atoms with Gasteiger partial charge in [-0.15, -0.1) is 0 Å². The van der Waals surface area contributed by atoms with E-state index in [1.54, 1.807) is 12.1 Å². The van der Waals surface area contributed by atoms with Gasteiger partial charge < -0.3 is 10.2 Å². The van der Waals surface area contributed by atoms with E-state index in [0.29, 0.717) is 31.0 Å². The predicted octanol–water partition coefficient (Wildman–Crippen LogP) is 4.32. The van der Waals surface area contributed by atoms with Crippen LogP contribution in [0.25, 0.3) is 0 Å². The highest BCUT2D eigenvalue weighted by molar-refractivity contribution is 5.94. The molecular weight excluding hydrogens is 374 g/mol. The van der Waals surface area contributed by atoms with E-state index in [2.05, 4.69) is 15.5 Å². The van der Waals surface area contributed by atoms with E-state index >= 15 is 0 Å². The van der Waals surface area contributed by atoms with Gasteiger partial charge in [0, 0.05) is 42.9 Å². The van der Waals surface area contributed by atoms with Crippen LogP contribution >= 0.6 is 0 Å². The Balaban J connectivity index is 1.37. The third kappa shape index (κ3) is 4.62. The quantitative estimate of drug-likeness (QED) is 0.675. The lowest BCUT2D eigenvalue weighted by Gasteiger charge is -2.32. The molecule has 0 radical (unpaired) electrons. The number of carbonyl (C=O) groups is 1. The number of piperidine rings is 1. The summed E-state index contributed by atoms with van der Waals surface area (Å²) < 4.78 is 26.1. The Morgan fingerprint density at radius 1 is 1.10 bits per heavy atom. The monoisotopic (exact) mass is 396 g/mol. The van der Waals surface area contributed by atoms with E-state index in [-0.39, 0.29) is 23.5 Å². The van der Waals surface area contributed by atoms with Gasteiger partial charge in [0.1, 0.15) is 17.5 Å². The number of carbonyl (C=O) groups excluding carboxylic acids is 1. The predicted molar refractivity (Wildman–Crippen MR) is 107 cm³/mol. The maximum absolute atomic E-state index is 13.1. The third-order valence-corrected chi connectivity index (χ3v) is 5.22. The van der Waals surface area contributed by atoms with Crippen molar-refractivity contribution < 1.29 is 13.6 Å². The van der Waals surface area contributed by atoms with Crippen molar-refractivity contribution in [2.75, 3.05) is 18.4 Å². The van der Waals surface area contributed by atoms with Gasteiger partial charge in [-0.05, 0) is 54.8 Å². The molecule has 1 aliphatic heterocycles. The van der Waals surface area contributed by atoms with Crippen LogP contribution in [-0.2, 0) is 6.54 Å². The number of rotatable bonds is 5.